The summed E-state index contributed by atoms with van der Waals surface area (Å²) in [6.45, 7) is 1.84. The van der Waals surface area contributed by atoms with Crippen LogP contribution in [0.2, 0.25) is 0 Å². The standard InChI is InChI=1S/C7H8O3S.3ClH.Fe/c1-6-2-4-7(5-3-6)11(8,9)10;;;;/h2-5H,1H3,(H,8,9,10);3*1H;/q;;;;+3/p-3. The van der Waals surface area contributed by atoms with Crippen LogP contribution in [0.15, 0.2) is 29.2 Å². The van der Waals surface area contributed by atoms with Gasteiger partial charge in [-0.3, -0.25) is 4.55 Å². The number of rotatable bonds is 1. The van der Waals surface area contributed by atoms with E-state index in [-0.39, 0.29) is 59.2 Å². The van der Waals surface area contributed by atoms with Crippen LogP contribution >= 0.6 is 0 Å². The number of benzene rings is 1. The van der Waals surface area contributed by atoms with Crippen LogP contribution in [0, 0.1) is 6.92 Å². The maximum atomic E-state index is 10.5. The van der Waals surface area contributed by atoms with E-state index in [9.17, 15) is 8.42 Å². The molecule has 1 radical (unpaired) electrons. The van der Waals surface area contributed by atoms with Gasteiger partial charge < -0.3 is 37.2 Å². The molecule has 0 unspecified atom stereocenters. The largest absolute Gasteiger partial charge is 3.00 e. The molecule has 0 saturated carbocycles. The van der Waals surface area contributed by atoms with Crippen LogP contribution in [-0.4, -0.2) is 13.0 Å². The van der Waals surface area contributed by atoms with E-state index >= 15 is 0 Å². The van der Waals surface area contributed by atoms with Gasteiger partial charge in [-0.15, -0.1) is 0 Å². The van der Waals surface area contributed by atoms with Gasteiger partial charge in [0.25, 0.3) is 10.1 Å². The zero-order valence-corrected chi connectivity index (χ0v) is 11.7. The summed E-state index contributed by atoms with van der Waals surface area (Å²) in [4.78, 5) is -0.0666. The normalized spacial score (nSPS) is 8.40. The minimum Gasteiger partial charge on any atom is -1.00 e. The average molecular weight is 334 g/mol. The Morgan fingerprint density at radius 3 is 1.60 bits per heavy atom. The second-order valence-corrected chi connectivity index (χ2v) is 3.71. The summed E-state index contributed by atoms with van der Waals surface area (Å²) in [5.41, 5.74) is 0.956. The van der Waals surface area contributed by atoms with Crippen LogP contribution in [0.4, 0.5) is 0 Å². The van der Waals surface area contributed by atoms with Crippen molar-refractivity contribution >= 4 is 10.1 Å². The van der Waals surface area contributed by atoms with Gasteiger partial charge in [0.15, 0.2) is 0 Å². The van der Waals surface area contributed by atoms with E-state index < -0.39 is 10.1 Å². The molecule has 1 aromatic carbocycles. The molecular weight excluding hydrogens is 326 g/mol. The molecule has 0 aliphatic heterocycles. The van der Waals surface area contributed by atoms with Crippen molar-refractivity contribution in [2.45, 2.75) is 11.8 Å². The number of halogens is 3. The molecule has 89 valence electrons. The zero-order chi connectivity index (χ0) is 8.48. The molecule has 15 heavy (non-hydrogen) atoms. The van der Waals surface area contributed by atoms with E-state index in [1.807, 2.05) is 6.92 Å². The van der Waals surface area contributed by atoms with Gasteiger partial charge in [-0.25, -0.2) is 0 Å². The van der Waals surface area contributed by atoms with Gasteiger partial charge in [-0.2, -0.15) is 8.42 Å². The van der Waals surface area contributed by atoms with Crippen LogP contribution in [0.25, 0.3) is 0 Å². The zero-order valence-electron chi connectivity index (χ0n) is 7.47. The Morgan fingerprint density at radius 1 is 1.00 bits per heavy atom. The molecule has 0 bridgehead atoms. The molecule has 0 fully saturated rings. The van der Waals surface area contributed by atoms with E-state index in [1.54, 1.807) is 12.1 Å². The summed E-state index contributed by atoms with van der Waals surface area (Å²) in [7, 11) is -4.02. The second-order valence-electron chi connectivity index (χ2n) is 2.29. The van der Waals surface area contributed by atoms with Gasteiger partial charge in [-0.1, -0.05) is 17.7 Å². The Bertz CT molecular complexity index is 352. The SMILES string of the molecule is Cc1ccc(S(=O)(=O)O)cc1.[Cl-].[Cl-].[Cl-].[Fe+3]. The molecule has 0 aliphatic rings. The van der Waals surface area contributed by atoms with Crippen molar-refractivity contribution in [3.8, 4) is 0 Å². The first kappa shape index (κ1) is 24.7. The Kier molecular flexibility index (Phi) is 16.0. The predicted octanol–water partition coefficient (Wildman–Crippen LogP) is -7.75. The molecule has 0 amide bonds. The van der Waals surface area contributed by atoms with Gasteiger partial charge in [0.05, 0.1) is 4.90 Å². The predicted molar refractivity (Wildman–Crippen MR) is 41.0 cm³/mol. The molecule has 0 aliphatic carbocycles. The summed E-state index contributed by atoms with van der Waals surface area (Å²) in [5, 5.41) is 0. The fourth-order valence-corrected chi connectivity index (χ4v) is 1.19. The molecule has 0 saturated heterocycles. The number of aryl methyl sites for hydroxylation is 1. The molecule has 1 rings (SSSR count). The molecule has 0 atom stereocenters. The van der Waals surface area contributed by atoms with Crippen molar-refractivity contribution < 1.29 is 67.3 Å². The van der Waals surface area contributed by atoms with Crippen molar-refractivity contribution in [1.82, 2.24) is 0 Å². The Balaban J connectivity index is -0.000000151. The van der Waals surface area contributed by atoms with Crippen LogP contribution < -0.4 is 37.2 Å². The Hall–Kier alpha value is 0.519. The topological polar surface area (TPSA) is 54.4 Å². The van der Waals surface area contributed by atoms with Gasteiger partial charge in [-0.05, 0) is 19.1 Å². The molecule has 1 aromatic rings. The van der Waals surface area contributed by atoms with E-state index in [2.05, 4.69) is 0 Å². The fraction of sp³-hybridized carbons (Fsp3) is 0.143. The van der Waals surface area contributed by atoms with E-state index in [0.29, 0.717) is 0 Å². The van der Waals surface area contributed by atoms with Crippen LogP contribution in [0.5, 0.6) is 0 Å². The maximum Gasteiger partial charge on any atom is 3.00 e. The summed E-state index contributed by atoms with van der Waals surface area (Å²) in [6.07, 6.45) is 0. The third kappa shape index (κ3) is 8.34. The third-order valence-corrected chi connectivity index (χ3v) is 2.19. The minimum absolute atomic E-state index is 0. The van der Waals surface area contributed by atoms with Crippen LogP contribution in [0.3, 0.4) is 0 Å². The molecule has 0 heterocycles. The van der Waals surface area contributed by atoms with Gasteiger partial charge >= 0.3 is 17.1 Å². The quantitative estimate of drug-likeness (QED) is 0.410. The summed E-state index contributed by atoms with van der Waals surface area (Å²) < 4.78 is 29.6. The number of hydrogen-bond donors (Lipinski definition) is 1. The van der Waals surface area contributed by atoms with E-state index in [4.69, 9.17) is 4.55 Å². The molecule has 0 spiro atoms. The average Bonchev–Trinajstić information content (AvgIpc) is 1.86. The second kappa shape index (κ2) is 9.72. The van der Waals surface area contributed by atoms with Crippen molar-refractivity contribution in [2.24, 2.45) is 0 Å². The first-order chi connectivity index (χ1) is 5.00. The minimum atomic E-state index is -4.02. The summed E-state index contributed by atoms with van der Waals surface area (Å²) in [6, 6.07) is 5.99. The molecule has 1 N–H and O–H groups in total. The fourth-order valence-electron chi connectivity index (χ4n) is 0.710. The van der Waals surface area contributed by atoms with Gasteiger partial charge in [0.2, 0.25) is 0 Å². The van der Waals surface area contributed by atoms with Crippen molar-refractivity contribution in [2.75, 3.05) is 0 Å². The maximum absolute atomic E-state index is 10.5. The first-order valence-electron chi connectivity index (χ1n) is 3.04. The smallest absolute Gasteiger partial charge is 1.00 e. The summed E-state index contributed by atoms with van der Waals surface area (Å²) in [5.74, 6) is 0. The van der Waals surface area contributed by atoms with Gasteiger partial charge in [0, 0.05) is 0 Å². The molecule has 3 nitrogen and oxygen atoms in total. The molecule has 8 heteroatoms. The van der Waals surface area contributed by atoms with Crippen molar-refractivity contribution in [1.29, 1.82) is 0 Å². The molecular formula is C7H8Cl3FeO3S. The Morgan fingerprint density at radius 2 is 1.33 bits per heavy atom. The third-order valence-electron chi connectivity index (χ3n) is 1.32. The summed E-state index contributed by atoms with van der Waals surface area (Å²) >= 11 is 0. The van der Waals surface area contributed by atoms with Crippen LogP contribution in [0.1, 0.15) is 5.56 Å². The van der Waals surface area contributed by atoms with Crippen molar-refractivity contribution in [3.63, 3.8) is 0 Å². The van der Waals surface area contributed by atoms with E-state index in [0.717, 1.165) is 5.56 Å². The van der Waals surface area contributed by atoms with Crippen LogP contribution in [-0.2, 0) is 27.2 Å². The van der Waals surface area contributed by atoms with Gasteiger partial charge in [0.1, 0.15) is 0 Å². The first-order valence-corrected chi connectivity index (χ1v) is 4.48. The molecule has 0 aromatic heterocycles. The monoisotopic (exact) mass is 333 g/mol. The Labute approximate surface area is 118 Å². The van der Waals surface area contributed by atoms with E-state index in [1.165, 1.54) is 12.1 Å². The van der Waals surface area contributed by atoms with Crippen molar-refractivity contribution in [3.05, 3.63) is 29.8 Å². The number of hydrogen-bond acceptors (Lipinski definition) is 2.